The topological polar surface area (TPSA) is 58.2 Å². The third kappa shape index (κ3) is 5.50. The molecule has 0 radical (unpaired) electrons. The SMILES string of the molecule is O=C(CCCNC(=O)c1cccs1)NCc1ccc(Cl)cc1. The second-order valence-electron chi connectivity index (χ2n) is 4.74. The lowest BCUT2D eigenvalue weighted by Crippen LogP contribution is -2.26. The molecule has 4 nitrogen and oxygen atoms in total. The molecule has 6 heteroatoms. The number of rotatable bonds is 7. The van der Waals surface area contributed by atoms with Crippen LogP contribution in [0.2, 0.25) is 5.02 Å². The van der Waals surface area contributed by atoms with Crippen LogP contribution >= 0.6 is 22.9 Å². The maximum Gasteiger partial charge on any atom is 0.261 e. The summed E-state index contributed by atoms with van der Waals surface area (Å²) in [6, 6.07) is 11.0. The van der Waals surface area contributed by atoms with Crippen molar-refractivity contribution < 1.29 is 9.59 Å². The van der Waals surface area contributed by atoms with Gasteiger partial charge in [-0.05, 0) is 35.6 Å². The molecule has 0 bridgehead atoms. The van der Waals surface area contributed by atoms with Gasteiger partial charge in [-0.1, -0.05) is 29.8 Å². The summed E-state index contributed by atoms with van der Waals surface area (Å²) in [7, 11) is 0. The van der Waals surface area contributed by atoms with Crippen LogP contribution in [-0.2, 0) is 11.3 Å². The Morgan fingerprint density at radius 3 is 2.55 bits per heavy atom. The van der Waals surface area contributed by atoms with Crippen molar-refractivity contribution in [3.63, 3.8) is 0 Å². The lowest BCUT2D eigenvalue weighted by Gasteiger charge is -2.06. The molecule has 2 N–H and O–H groups in total. The van der Waals surface area contributed by atoms with E-state index in [-0.39, 0.29) is 11.8 Å². The lowest BCUT2D eigenvalue weighted by molar-refractivity contribution is -0.121. The van der Waals surface area contributed by atoms with E-state index in [1.54, 1.807) is 18.2 Å². The number of amides is 2. The zero-order valence-corrected chi connectivity index (χ0v) is 13.5. The molecule has 2 amide bonds. The van der Waals surface area contributed by atoms with E-state index in [1.807, 2.05) is 23.6 Å². The van der Waals surface area contributed by atoms with Gasteiger partial charge in [0, 0.05) is 24.5 Å². The van der Waals surface area contributed by atoms with Gasteiger partial charge in [0.25, 0.3) is 5.91 Å². The molecule has 0 atom stereocenters. The van der Waals surface area contributed by atoms with Crippen molar-refractivity contribution in [2.45, 2.75) is 19.4 Å². The minimum atomic E-state index is -0.0865. The molecule has 2 rings (SSSR count). The second-order valence-corrected chi connectivity index (χ2v) is 6.12. The van der Waals surface area contributed by atoms with E-state index in [9.17, 15) is 9.59 Å². The summed E-state index contributed by atoms with van der Waals surface area (Å²) in [5.74, 6) is -0.114. The second kappa shape index (κ2) is 8.56. The van der Waals surface area contributed by atoms with Crippen molar-refractivity contribution >= 4 is 34.8 Å². The molecule has 0 saturated carbocycles. The summed E-state index contributed by atoms with van der Waals surface area (Å²) in [5.41, 5.74) is 1.00. The summed E-state index contributed by atoms with van der Waals surface area (Å²) in [4.78, 5) is 24.1. The Morgan fingerprint density at radius 2 is 1.86 bits per heavy atom. The Bertz CT molecular complexity index is 612. The summed E-state index contributed by atoms with van der Waals surface area (Å²) in [5, 5.41) is 8.18. The molecule has 0 aliphatic rings. The molecular weight excluding hydrogens is 320 g/mol. The average molecular weight is 337 g/mol. The predicted molar refractivity (Wildman–Crippen MR) is 89.2 cm³/mol. The Labute approximate surface area is 138 Å². The Hall–Kier alpha value is -1.85. The van der Waals surface area contributed by atoms with E-state index < -0.39 is 0 Å². The third-order valence-electron chi connectivity index (χ3n) is 3.01. The first-order valence-electron chi connectivity index (χ1n) is 6.98. The first-order chi connectivity index (χ1) is 10.6. The lowest BCUT2D eigenvalue weighted by atomic mass is 10.2. The van der Waals surface area contributed by atoms with Gasteiger partial charge in [-0.15, -0.1) is 11.3 Å². The molecule has 116 valence electrons. The number of hydrogen-bond acceptors (Lipinski definition) is 3. The van der Waals surface area contributed by atoms with Gasteiger partial charge >= 0.3 is 0 Å². The van der Waals surface area contributed by atoms with Gasteiger partial charge in [-0.3, -0.25) is 9.59 Å². The standard InChI is InChI=1S/C16H17ClN2O2S/c17-13-7-5-12(6-8-13)11-19-15(20)4-1-9-18-16(21)14-3-2-10-22-14/h2-3,5-8,10H,1,4,9,11H2,(H,18,21)(H,19,20). The summed E-state index contributed by atoms with van der Waals surface area (Å²) in [6.45, 7) is 0.975. The highest BCUT2D eigenvalue weighted by Gasteiger charge is 2.06. The van der Waals surface area contributed by atoms with Crippen LogP contribution in [0.3, 0.4) is 0 Å². The number of carbonyl (C=O) groups is 2. The number of halogens is 1. The molecule has 2 aromatic rings. The molecule has 0 fully saturated rings. The van der Waals surface area contributed by atoms with Crippen molar-refractivity contribution in [2.24, 2.45) is 0 Å². The molecule has 0 aliphatic heterocycles. The summed E-state index contributed by atoms with van der Waals surface area (Å²) in [6.07, 6.45) is 1.00. The van der Waals surface area contributed by atoms with Gasteiger partial charge in [0.2, 0.25) is 5.91 Å². The van der Waals surface area contributed by atoms with Crippen LogP contribution in [0.4, 0.5) is 0 Å². The van der Waals surface area contributed by atoms with Crippen molar-refractivity contribution in [2.75, 3.05) is 6.54 Å². The minimum Gasteiger partial charge on any atom is -0.352 e. The number of benzene rings is 1. The Morgan fingerprint density at radius 1 is 1.09 bits per heavy atom. The third-order valence-corrected chi connectivity index (χ3v) is 4.13. The molecule has 22 heavy (non-hydrogen) atoms. The summed E-state index contributed by atoms with van der Waals surface area (Å²) >= 11 is 7.20. The molecule has 1 aromatic heterocycles. The molecule has 0 spiro atoms. The monoisotopic (exact) mass is 336 g/mol. The zero-order valence-electron chi connectivity index (χ0n) is 12.0. The zero-order chi connectivity index (χ0) is 15.8. The van der Waals surface area contributed by atoms with Crippen LogP contribution in [0.1, 0.15) is 28.1 Å². The van der Waals surface area contributed by atoms with E-state index in [0.29, 0.717) is 35.8 Å². The molecular formula is C16H17ClN2O2S. The van der Waals surface area contributed by atoms with Gasteiger partial charge in [0.05, 0.1) is 4.88 Å². The van der Waals surface area contributed by atoms with E-state index in [2.05, 4.69) is 10.6 Å². The first kappa shape index (κ1) is 16.5. The van der Waals surface area contributed by atoms with Crippen LogP contribution in [-0.4, -0.2) is 18.4 Å². The predicted octanol–water partition coefficient (Wildman–Crippen LogP) is 3.23. The average Bonchev–Trinajstić information content (AvgIpc) is 3.05. The Balaban J connectivity index is 1.59. The van der Waals surface area contributed by atoms with Crippen molar-refractivity contribution in [1.82, 2.24) is 10.6 Å². The van der Waals surface area contributed by atoms with E-state index in [4.69, 9.17) is 11.6 Å². The molecule has 0 aliphatic carbocycles. The maximum absolute atomic E-state index is 11.7. The number of thiophene rings is 1. The fourth-order valence-corrected chi connectivity index (χ4v) is 2.60. The minimum absolute atomic E-state index is 0.0275. The smallest absolute Gasteiger partial charge is 0.261 e. The fraction of sp³-hybridized carbons (Fsp3) is 0.250. The summed E-state index contributed by atoms with van der Waals surface area (Å²) < 4.78 is 0. The van der Waals surface area contributed by atoms with Gasteiger partial charge in [0.15, 0.2) is 0 Å². The van der Waals surface area contributed by atoms with Crippen molar-refractivity contribution in [3.8, 4) is 0 Å². The van der Waals surface area contributed by atoms with Gasteiger partial charge in [-0.25, -0.2) is 0 Å². The Kier molecular flexibility index (Phi) is 6.43. The van der Waals surface area contributed by atoms with Crippen LogP contribution < -0.4 is 10.6 Å². The van der Waals surface area contributed by atoms with E-state index in [1.165, 1.54) is 11.3 Å². The highest BCUT2D eigenvalue weighted by atomic mass is 35.5. The van der Waals surface area contributed by atoms with Crippen LogP contribution in [0.25, 0.3) is 0 Å². The quantitative estimate of drug-likeness (QED) is 0.763. The van der Waals surface area contributed by atoms with Gasteiger partial charge in [0.1, 0.15) is 0 Å². The van der Waals surface area contributed by atoms with E-state index >= 15 is 0 Å². The number of nitrogens with one attached hydrogen (secondary N) is 2. The van der Waals surface area contributed by atoms with Gasteiger partial charge < -0.3 is 10.6 Å². The highest BCUT2D eigenvalue weighted by molar-refractivity contribution is 7.12. The largest absolute Gasteiger partial charge is 0.352 e. The molecule has 0 saturated heterocycles. The fourth-order valence-electron chi connectivity index (χ4n) is 1.84. The van der Waals surface area contributed by atoms with Crippen LogP contribution in [0.15, 0.2) is 41.8 Å². The van der Waals surface area contributed by atoms with Crippen LogP contribution in [0.5, 0.6) is 0 Å². The van der Waals surface area contributed by atoms with Crippen molar-refractivity contribution in [1.29, 1.82) is 0 Å². The van der Waals surface area contributed by atoms with Crippen molar-refractivity contribution in [3.05, 3.63) is 57.2 Å². The first-order valence-corrected chi connectivity index (χ1v) is 8.24. The number of carbonyl (C=O) groups excluding carboxylic acids is 2. The van der Waals surface area contributed by atoms with Crippen LogP contribution in [0, 0.1) is 0 Å². The van der Waals surface area contributed by atoms with Gasteiger partial charge in [-0.2, -0.15) is 0 Å². The maximum atomic E-state index is 11.7. The van der Waals surface area contributed by atoms with E-state index in [0.717, 1.165) is 5.56 Å². The molecule has 1 heterocycles. The molecule has 0 unspecified atom stereocenters. The highest BCUT2D eigenvalue weighted by Crippen LogP contribution is 2.09. The number of hydrogen-bond donors (Lipinski definition) is 2. The molecule has 1 aromatic carbocycles. The normalized spacial score (nSPS) is 10.2.